The zero-order valence-electron chi connectivity index (χ0n) is 20.9. The minimum Gasteiger partial charge on any atom is -0.393 e. The van der Waals surface area contributed by atoms with Gasteiger partial charge in [0.1, 0.15) is 5.70 Å². The third-order valence-electron chi connectivity index (χ3n) is 7.27. The van der Waals surface area contributed by atoms with Gasteiger partial charge in [-0.3, -0.25) is 19.7 Å². The van der Waals surface area contributed by atoms with Gasteiger partial charge >= 0.3 is 11.9 Å². The van der Waals surface area contributed by atoms with Crippen molar-refractivity contribution in [2.75, 3.05) is 14.1 Å². The molecule has 4 rings (SSSR count). The lowest BCUT2D eigenvalue weighted by Crippen LogP contribution is -2.63. The number of amides is 2. The summed E-state index contributed by atoms with van der Waals surface area (Å²) in [6.45, 7) is 3.40. The highest BCUT2D eigenvalue weighted by Gasteiger charge is 2.60. The summed E-state index contributed by atoms with van der Waals surface area (Å²) < 4.78 is 5.12. The van der Waals surface area contributed by atoms with E-state index in [0.717, 1.165) is 25.0 Å². The Kier molecular flexibility index (Phi) is 7.43. The number of aliphatic hydroxyl groups is 1. The topological polar surface area (TPSA) is 147 Å². The van der Waals surface area contributed by atoms with Crippen LogP contribution in [0.1, 0.15) is 43.5 Å². The number of nitro benzene ring substituents is 1. The second-order valence-corrected chi connectivity index (χ2v) is 11.3. The van der Waals surface area contributed by atoms with Gasteiger partial charge in [-0.15, -0.1) is 11.8 Å². The van der Waals surface area contributed by atoms with Gasteiger partial charge in [0.05, 0.1) is 28.6 Å². The average Bonchev–Trinajstić information content (AvgIpc) is 3.40. The maximum atomic E-state index is 13.3. The second kappa shape index (κ2) is 10.3. The Balaban J connectivity index is 1.58. The third kappa shape index (κ3) is 4.87. The van der Waals surface area contributed by atoms with Crippen LogP contribution in [-0.2, 0) is 19.1 Å². The van der Waals surface area contributed by atoms with E-state index in [-0.39, 0.29) is 39.9 Å². The zero-order valence-corrected chi connectivity index (χ0v) is 21.8. The van der Waals surface area contributed by atoms with Crippen molar-refractivity contribution in [3.05, 3.63) is 50.5 Å². The molecule has 1 N–H and O–H groups in total. The zero-order chi connectivity index (χ0) is 27.2. The number of carbonyl (C=O) groups is 4. The first-order valence-corrected chi connectivity index (χ1v) is 12.9. The molecule has 3 aliphatic rings. The number of non-ortho nitro benzene ring substituents is 1. The van der Waals surface area contributed by atoms with Crippen molar-refractivity contribution in [3.63, 3.8) is 0 Å². The van der Waals surface area contributed by atoms with Crippen LogP contribution in [0.3, 0.4) is 0 Å². The Labute approximate surface area is 218 Å². The molecular formula is C25H29N3O8S. The second-order valence-electron chi connectivity index (χ2n) is 9.93. The maximum absolute atomic E-state index is 13.3. The first kappa shape index (κ1) is 26.8. The van der Waals surface area contributed by atoms with E-state index in [2.05, 4.69) is 0 Å². The van der Waals surface area contributed by atoms with Crippen LogP contribution in [-0.4, -0.2) is 75.1 Å². The van der Waals surface area contributed by atoms with Crippen LogP contribution in [0.2, 0.25) is 0 Å². The molecule has 2 aliphatic heterocycles. The molecule has 1 saturated heterocycles. The van der Waals surface area contributed by atoms with Crippen LogP contribution in [0.4, 0.5) is 5.69 Å². The monoisotopic (exact) mass is 531 g/mol. The van der Waals surface area contributed by atoms with Gasteiger partial charge in [0, 0.05) is 48.2 Å². The van der Waals surface area contributed by atoms with Crippen molar-refractivity contribution in [1.29, 1.82) is 0 Å². The molecule has 0 aromatic heterocycles. The summed E-state index contributed by atoms with van der Waals surface area (Å²) in [5.41, 5.74) is -0.272. The minimum atomic E-state index is -0.995. The van der Waals surface area contributed by atoms with Crippen molar-refractivity contribution in [3.8, 4) is 0 Å². The van der Waals surface area contributed by atoms with Crippen LogP contribution in [0.15, 0.2) is 34.9 Å². The number of nitro groups is 1. The van der Waals surface area contributed by atoms with Crippen molar-refractivity contribution < 1.29 is 33.9 Å². The quantitative estimate of drug-likeness (QED) is 0.184. The van der Waals surface area contributed by atoms with Gasteiger partial charge in [-0.2, -0.15) is 0 Å². The molecule has 0 unspecified atom stereocenters. The smallest absolute Gasteiger partial charge is 0.363 e. The number of ether oxygens (including phenoxy) is 1. The van der Waals surface area contributed by atoms with Crippen LogP contribution in [0.25, 0.3) is 0 Å². The molecule has 198 valence electrons. The van der Waals surface area contributed by atoms with Gasteiger partial charge < -0.3 is 19.6 Å². The summed E-state index contributed by atoms with van der Waals surface area (Å²) in [4.78, 5) is 65.0. The summed E-state index contributed by atoms with van der Waals surface area (Å²) in [6.07, 6.45) is 1.19. The van der Waals surface area contributed by atoms with E-state index in [1.807, 2.05) is 6.92 Å². The van der Waals surface area contributed by atoms with E-state index < -0.39 is 40.8 Å². The molecule has 0 spiro atoms. The van der Waals surface area contributed by atoms with Gasteiger partial charge in [-0.05, 0) is 38.3 Å². The molecule has 0 bridgehead atoms. The predicted molar refractivity (Wildman–Crippen MR) is 133 cm³/mol. The Hall–Kier alpha value is -3.25. The number of aliphatic hydroxyl groups excluding tert-OH is 1. The van der Waals surface area contributed by atoms with Gasteiger partial charge in [-0.1, -0.05) is 6.92 Å². The molecule has 1 aliphatic carbocycles. The standard InChI is InChI=1S/C25H29N3O8S/c1-12-19-18(13(2)29)23(31)27(19)20(21(12)37-17-10-7-15(11-17)22(30)26(3)4)25(33)36-24(32)14-5-8-16(9-6-14)28(34)35/h5-6,8-9,12-13,15,17-19,29H,7,10-11H2,1-4H3/t12-,13-,15+,17-,18-,19-/m1/s1. The van der Waals surface area contributed by atoms with Crippen molar-refractivity contribution in [2.45, 2.75) is 50.5 Å². The Morgan fingerprint density at radius 1 is 1.19 bits per heavy atom. The molecule has 11 nitrogen and oxygen atoms in total. The van der Waals surface area contributed by atoms with Gasteiger partial charge in [0.2, 0.25) is 11.8 Å². The highest BCUT2D eigenvalue weighted by molar-refractivity contribution is 8.03. The fourth-order valence-electron chi connectivity index (χ4n) is 5.40. The van der Waals surface area contributed by atoms with E-state index >= 15 is 0 Å². The van der Waals surface area contributed by atoms with Crippen LogP contribution >= 0.6 is 11.8 Å². The van der Waals surface area contributed by atoms with Crippen LogP contribution in [0, 0.1) is 27.9 Å². The maximum Gasteiger partial charge on any atom is 0.363 e. The largest absolute Gasteiger partial charge is 0.393 e. The lowest BCUT2D eigenvalue weighted by atomic mass is 9.79. The normalized spacial score (nSPS) is 27.4. The summed E-state index contributed by atoms with van der Waals surface area (Å²) in [6, 6.07) is 4.21. The molecular weight excluding hydrogens is 502 g/mol. The van der Waals surface area contributed by atoms with Gasteiger partial charge in [0.25, 0.3) is 5.69 Å². The van der Waals surface area contributed by atoms with E-state index in [1.165, 1.54) is 35.7 Å². The number of benzene rings is 1. The SMILES string of the molecule is C[C@@H](O)[C@H]1C(=O)N2C(C(=O)OC(=O)c3ccc([N+](=O)[O-])cc3)=C(S[C@@H]3CC[C@H](C(=O)N(C)C)C3)[C@H](C)[C@H]12. The van der Waals surface area contributed by atoms with Gasteiger partial charge in [-0.25, -0.2) is 9.59 Å². The molecule has 2 amide bonds. The minimum absolute atomic E-state index is 0.0120. The van der Waals surface area contributed by atoms with Crippen LogP contribution < -0.4 is 0 Å². The first-order chi connectivity index (χ1) is 17.4. The van der Waals surface area contributed by atoms with E-state index in [9.17, 15) is 34.4 Å². The molecule has 0 radical (unpaired) electrons. The highest BCUT2D eigenvalue weighted by atomic mass is 32.2. The fraction of sp³-hybridized carbons (Fsp3) is 0.520. The number of carbonyl (C=O) groups excluding carboxylic acids is 4. The van der Waals surface area contributed by atoms with Crippen molar-refractivity contribution in [2.24, 2.45) is 17.8 Å². The number of fused-ring (bicyclic) bond motifs is 1. The lowest BCUT2D eigenvalue weighted by molar-refractivity contribution is -0.384. The van der Waals surface area contributed by atoms with Crippen LogP contribution in [0.5, 0.6) is 0 Å². The molecule has 1 aromatic carbocycles. The Morgan fingerprint density at radius 3 is 2.41 bits per heavy atom. The number of nitrogens with zero attached hydrogens (tertiary/aromatic N) is 3. The third-order valence-corrected chi connectivity index (χ3v) is 8.85. The number of rotatable bonds is 7. The molecule has 1 aromatic rings. The van der Waals surface area contributed by atoms with E-state index in [1.54, 1.807) is 19.0 Å². The highest BCUT2D eigenvalue weighted by Crippen LogP contribution is 2.53. The number of hydrogen-bond acceptors (Lipinski definition) is 9. The van der Waals surface area contributed by atoms with Crippen molar-refractivity contribution in [1.82, 2.24) is 9.80 Å². The number of esters is 2. The molecule has 12 heteroatoms. The number of hydrogen-bond donors (Lipinski definition) is 1. The number of β-lactam (4-membered cyclic amide) rings is 1. The molecule has 2 heterocycles. The molecule has 6 atom stereocenters. The molecule has 2 fully saturated rings. The van der Waals surface area contributed by atoms with Crippen molar-refractivity contribution >= 4 is 41.2 Å². The molecule has 1 saturated carbocycles. The lowest BCUT2D eigenvalue weighted by Gasteiger charge is -2.46. The first-order valence-electron chi connectivity index (χ1n) is 12.1. The number of thioether (sulfide) groups is 1. The van der Waals surface area contributed by atoms with E-state index in [4.69, 9.17) is 4.74 Å². The summed E-state index contributed by atoms with van der Waals surface area (Å²) >= 11 is 1.43. The average molecular weight is 532 g/mol. The summed E-state index contributed by atoms with van der Waals surface area (Å²) in [7, 11) is 3.43. The summed E-state index contributed by atoms with van der Waals surface area (Å²) in [5.74, 6) is -3.41. The summed E-state index contributed by atoms with van der Waals surface area (Å²) in [5, 5.41) is 21.1. The van der Waals surface area contributed by atoms with Gasteiger partial charge in [0.15, 0.2) is 0 Å². The Bertz CT molecular complexity index is 1180. The predicted octanol–water partition coefficient (Wildman–Crippen LogP) is 2.34. The molecule has 37 heavy (non-hydrogen) atoms. The Morgan fingerprint density at radius 2 is 1.84 bits per heavy atom. The fourth-order valence-corrected chi connectivity index (χ4v) is 6.99. The van der Waals surface area contributed by atoms with E-state index in [0.29, 0.717) is 11.3 Å².